The predicted octanol–water partition coefficient (Wildman–Crippen LogP) is 2.02. The van der Waals surface area contributed by atoms with E-state index in [4.69, 9.17) is 0 Å². The summed E-state index contributed by atoms with van der Waals surface area (Å²) in [4.78, 5) is 8.03. The lowest BCUT2D eigenvalue weighted by atomic mass is 10.3. The minimum atomic E-state index is -3.69. The number of nitrogens with one attached hydrogen (secondary N) is 2. The fraction of sp³-hybridized carbons (Fsp3) is 0.231. The van der Waals surface area contributed by atoms with Crippen molar-refractivity contribution in [2.24, 2.45) is 0 Å². The Bertz CT molecular complexity index is 701. The minimum Gasteiger partial charge on any atom is -0.384 e. The monoisotopic (exact) mass is 292 g/mol. The summed E-state index contributed by atoms with van der Waals surface area (Å²) in [6.07, 6.45) is 4.43. The first-order valence-corrected chi connectivity index (χ1v) is 7.64. The number of anilines is 2. The molecule has 0 saturated heterocycles. The molecule has 0 aliphatic heterocycles. The zero-order valence-corrected chi connectivity index (χ0v) is 12.1. The van der Waals surface area contributed by atoms with Gasteiger partial charge in [0.1, 0.15) is 4.90 Å². The minimum absolute atomic E-state index is 0.122. The van der Waals surface area contributed by atoms with E-state index in [1.54, 1.807) is 37.5 Å². The number of rotatable bonds is 5. The molecule has 7 heteroatoms. The molecule has 0 aromatic carbocycles. The van der Waals surface area contributed by atoms with Gasteiger partial charge in [0.2, 0.25) is 0 Å². The number of hydrogen-bond donors (Lipinski definition) is 2. The van der Waals surface area contributed by atoms with Crippen molar-refractivity contribution >= 4 is 21.4 Å². The molecule has 0 fully saturated rings. The molecule has 2 N–H and O–H groups in total. The highest BCUT2D eigenvalue weighted by molar-refractivity contribution is 7.92. The fourth-order valence-corrected chi connectivity index (χ4v) is 2.93. The van der Waals surface area contributed by atoms with E-state index in [1.165, 1.54) is 6.20 Å². The molecule has 20 heavy (non-hydrogen) atoms. The highest BCUT2D eigenvalue weighted by atomic mass is 32.2. The first-order valence-electron chi connectivity index (χ1n) is 6.16. The lowest BCUT2D eigenvalue weighted by Crippen LogP contribution is -2.16. The second kappa shape index (κ2) is 5.87. The van der Waals surface area contributed by atoms with Gasteiger partial charge in [-0.2, -0.15) is 0 Å². The van der Waals surface area contributed by atoms with E-state index in [0.717, 1.165) is 5.69 Å². The Morgan fingerprint density at radius 1 is 1.25 bits per heavy atom. The van der Waals surface area contributed by atoms with Gasteiger partial charge in [0.25, 0.3) is 10.0 Å². The fourth-order valence-electron chi connectivity index (χ4n) is 1.75. The van der Waals surface area contributed by atoms with Crippen molar-refractivity contribution in [2.75, 3.05) is 16.6 Å². The predicted molar refractivity (Wildman–Crippen MR) is 78.2 cm³/mol. The number of hydrogen-bond acceptors (Lipinski definition) is 5. The second-order valence-electron chi connectivity index (χ2n) is 4.19. The third-order valence-electron chi connectivity index (χ3n) is 2.59. The van der Waals surface area contributed by atoms with Gasteiger partial charge < -0.3 is 5.32 Å². The summed E-state index contributed by atoms with van der Waals surface area (Å²) in [6, 6.07) is 4.91. The van der Waals surface area contributed by atoms with Crippen LogP contribution in [0, 0.1) is 6.92 Å². The molecule has 0 bridgehead atoms. The lowest BCUT2D eigenvalue weighted by Gasteiger charge is -2.12. The van der Waals surface area contributed by atoms with E-state index in [0.29, 0.717) is 17.9 Å². The van der Waals surface area contributed by atoms with Crippen molar-refractivity contribution in [3.05, 3.63) is 42.5 Å². The van der Waals surface area contributed by atoms with Gasteiger partial charge in [-0.1, -0.05) is 0 Å². The average Bonchev–Trinajstić information content (AvgIpc) is 2.39. The van der Waals surface area contributed by atoms with Crippen LogP contribution in [0.15, 0.2) is 41.7 Å². The van der Waals surface area contributed by atoms with Gasteiger partial charge in [-0.25, -0.2) is 8.42 Å². The van der Waals surface area contributed by atoms with Gasteiger partial charge >= 0.3 is 0 Å². The van der Waals surface area contributed by atoms with Gasteiger partial charge in [0.15, 0.2) is 0 Å². The van der Waals surface area contributed by atoms with Crippen molar-refractivity contribution in [1.29, 1.82) is 0 Å². The highest BCUT2D eigenvalue weighted by Gasteiger charge is 2.18. The van der Waals surface area contributed by atoms with Crippen LogP contribution in [0.1, 0.15) is 12.6 Å². The highest BCUT2D eigenvalue weighted by Crippen LogP contribution is 2.22. The SMILES string of the molecule is CCNc1ccncc1S(=O)(=O)Nc1ccnc(C)c1. The smallest absolute Gasteiger partial charge is 0.265 e. The molecule has 106 valence electrons. The largest absolute Gasteiger partial charge is 0.384 e. The maximum absolute atomic E-state index is 12.4. The first kappa shape index (κ1) is 14.3. The summed E-state index contributed by atoms with van der Waals surface area (Å²) in [6.45, 7) is 4.32. The summed E-state index contributed by atoms with van der Waals surface area (Å²) >= 11 is 0. The molecule has 0 spiro atoms. The zero-order chi connectivity index (χ0) is 14.6. The van der Waals surface area contributed by atoms with Gasteiger partial charge in [-0.15, -0.1) is 0 Å². The Balaban J connectivity index is 2.36. The molecular formula is C13H16N4O2S. The molecule has 0 aliphatic carbocycles. The van der Waals surface area contributed by atoms with Crippen LogP contribution >= 0.6 is 0 Å². The van der Waals surface area contributed by atoms with Gasteiger partial charge in [0, 0.05) is 30.8 Å². The normalized spacial score (nSPS) is 11.1. The van der Waals surface area contributed by atoms with Crippen LogP contribution in [0.5, 0.6) is 0 Å². The molecule has 0 unspecified atom stereocenters. The summed E-state index contributed by atoms with van der Waals surface area (Å²) in [5.41, 5.74) is 1.74. The second-order valence-corrected chi connectivity index (χ2v) is 5.84. The van der Waals surface area contributed by atoms with E-state index in [-0.39, 0.29) is 4.90 Å². The van der Waals surface area contributed by atoms with E-state index in [2.05, 4.69) is 20.0 Å². The number of nitrogens with zero attached hydrogens (tertiary/aromatic N) is 2. The average molecular weight is 292 g/mol. The van der Waals surface area contributed by atoms with Crippen LogP contribution in [0.2, 0.25) is 0 Å². The topological polar surface area (TPSA) is 84.0 Å². The van der Waals surface area contributed by atoms with Gasteiger partial charge in [-0.3, -0.25) is 14.7 Å². The zero-order valence-electron chi connectivity index (χ0n) is 11.3. The van der Waals surface area contributed by atoms with Crippen LogP contribution in [-0.2, 0) is 10.0 Å². The summed E-state index contributed by atoms with van der Waals surface area (Å²) in [5, 5.41) is 3.01. The molecule has 2 rings (SSSR count). The van der Waals surface area contributed by atoms with Crippen molar-refractivity contribution < 1.29 is 8.42 Å². The number of aryl methyl sites for hydroxylation is 1. The molecule has 0 amide bonds. The van der Waals surface area contributed by atoms with Gasteiger partial charge in [0.05, 0.1) is 11.4 Å². The molecular weight excluding hydrogens is 276 g/mol. The quantitative estimate of drug-likeness (QED) is 0.880. The Morgan fingerprint density at radius 3 is 2.75 bits per heavy atom. The molecule has 0 radical (unpaired) electrons. The van der Waals surface area contributed by atoms with E-state index in [9.17, 15) is 8.42 Å². The number of pyridine rings is 2. The van der Waals surface area contributed by atoms with E-state index < -0.39 is 10.0 Å². The summed E-state index contributed by atoms with van der Waals surface area (Å²) in [7, 11) is -3.69. The maximum atomic E-state index is 12.4. The van der Waals surface area contributed by atoms with E-state index in [1.807, 2.05) is 6.92 Å². The standard InChI is InChI=1S/C13H16N4O2S/c1-3-15-12-5-6-14-9-13(12)20(18,19)17-11-4-7-16-10(2)8-11/h4-9H,3H2,1-2H3,(H,14,15)(H,16,17). The number of aromatic nitrogens is 2. The Kier molecular flexibility index (Phi) is 4.19. The molecule has 2 aromatic heterocycles. The summed E-state index contributed by atoms with van der Waals surface area (Å²) < 4.78 is 27.3. The van der Waals surface area contributed by atoms with Crippen LogP contribution < -0.4 is 10.0 Å². The van der Waals surface area contributed by atoms with E-state index >= 15 is 0 Å². The molecule has 2 heterocycles. The Labute approximate surface area is 118 Å². The van der Waals surface area contributed by atoms with Crippen LogP contribution in [0.4, 0.5) is 11.4 Å². The maximum Gasteiger partial charge on any atom is 0.265 e. The van der Waals surface area contributed by atoms with Crippen LogP contribution in [0.3, 0.4) is 0 Å². The van der Waals surface area contributed by atoms with Gasteiger partial charge in [-0.05, 0) is 32.0 Å². The number of sulfonamides is 1. The molecule has 0 atom stereocenters. The van der Waals surface area contributed by atoms with Crippen molar-refractivity contribution in [3.63, 3.8) is 0 Å². The van der Waals surface area contributed by atoms with Crippen molar-refractivity contribution in [2.45, 2.75) is 18.7 Å². The Hall–Kier alpha value is -2.15. The molecule has 2 aromatic rings. The van der Waals surface area contributed by atoms with Crippen molar-refractivity contribution in [3.8, 4) is 0 Å². The van der Waals surface area contributed by atoms with Crippen LogP contribution in [0.25, 0.3) is 0 Å². The molecule has 6 nitrogen and oxygen atoms in total. The summed E-state index contributed by atoms with van der Waals surface area (Å²) in [5.74, 6) is 0. The van der Waals surface area contributed by atoms with Crippen molar-refractivity contribution in [1.82, 2.24) is 9.97 Å². The molecule has 0 saturated carbocycles. The molecule has 0 aliphatic rings. The van der Waals surface area contributed by atoms with Crippen LogP contribution in [-0.4, -0.2) is 24.9 Å². The third kappa shape index (κ3) is 3.24. The third-order valence-corrected chi connectivity index (χ3v) is 4.00. The first-order chi connectivity index (χ1) is 9.53. The lowest BCUT2D eigenvalue weighted by molar-refractivity contribution is 0.601. The Morgan fingerprint density at radius 2 is 2.05 bits per heavy atom.